The first-order valence-corrected chi connectivity index (χ1v) is 10.7. The van der Waals surface area contributed by atoms with Gasteiger partial charge in [-0.05, 0) is 53.8 Å². The minimum atomic E-state index is -0.689. The number of carbonyl (C=O) groups is 1. The van der Waals surface area contributed by atoms with E-state index >= 15 is 0 Å². The summed E-state index contributed by atoms with van der Waals surface area (Å²) in [5.41, 5.74) is 7.09. The Morgan fingerprint density at radius 1 is 0.900 bits per heavy atom. The fraction of sp³-hybridized carbons (Fsp3) is 0.360. The standard InChI is InChI=1S/C25H30N2O3/c26-24-18-22(15-16-27-24)30-21-13-14-23-19(10-8-11-20(23)17-21)9-6-4-2-1-3-5-7-12-25(28)29/h8,10-11,13-18H,1-7,9,12H2,(H2,26,27)(H,28,29). The van der Waals surface area contributed by atoms with Gasteiger partial charge in [-0.15, -0.1) is 0 Å². The maximum atomic E-state index is 10.5. The van der Waals surface area contributed by atoms with Crippen molar-refractivity contribution in [1.82, 2.24) is 4.98 Å². The van der Waals surface area contributed by atoms with Crippen LogP contribution in [0.25, 0.3) is 10.8 Å². The molecule has 5 heteroatoms. The summed E-state index contributed by atoms with van der Waals surface area (Å²) in [6.45, 7) is 0. The number of nitrogens with zero attached hydrogens (tertiary/aromatic N) is 1. The number of anilines is 1. The molecule has 3 rings (SSSR count). The van der Waals surface area contributed by atoms with Crippen molar-refractivity contribution in [2.75, 3.05) is 5.73 Å². The van der Waals surface area contributed by atoms with E-state index in [1.807, 2.05) is 6.07 Å². The zero-order valence-corrected chi connectivity index (χ0v) is 17.3. The number of rotatable bonds is 12. The molecule has 5 nitrogen and oxygen atoms in total. The van der Waals surface area contributed by atoms with Crippen LogP contribution < -0.4 is 10.5 Å². The summed E-state index contributed by atoms with van der Waals surface area (Å²) in [7, 11) is 0. The van der Waals surface area contributed by atoms with Gasteiger partial charge in [-0.1, -0.05) is 56.4 Å². The lowest BCUT2D eigenvalue weighted by atomic mass is 9.99. The van der Waals surface area contributed by atoms with E-state index in [-0.39, 0.29) is 0 Å². The highest BCUT2D eigenvalue weighted by Gasteiger charge is 2.05. The highest BCUT2D eigenvalue weighted by Crippen LogP contribution is 2.28. The molecule has 0 fully saturated rings. The van der Waals surface area contributed by atoms with E-state index in [4.69, 9.17) is 15.6 Å². The molecule has 0 saturated heterocycles. The number of aromatic nitrogens is 1. The van der Waals surface area contributed by atoms with Crippen molar-refractivity contribution >= 4 is 22.6 Å². The number of nitrogens with two attached hydrogens (primary N) is 1. The minimum absolute atomic E-state index is 0.296. The molecule has 1 aromatic heterocycles. The zero-order valence-electron chi connectivity index (χ0n) is 17.3. The second kappa shape index (κ2) is 11.2. The van der Waals surface area contributed by atoms with Crippen LogP contribution in [0, 0.1) is 0 Å². The molecule has 1 heterocycles. The number of aryl methyl sites for hydroxylation is 1. The first-order valence-electron chi connectivity index (χ1n) is 10.7. The maximum Gasteiger partial charge on any atom is 0.303 e. The van der Waals surface area contributed by atoms with E-state index in [2.05, 4.69) is 35.3 Å². The van der Waals surface area contributed by atoms with Gasteiger partial charge in [0.25, 0.3) is 0 Å². The summed E-state index contributed by atoms with van der Waals surface area (Å²) in [5.74, 6) is 1.22. The number of aliphatic carboxylic acids is 1. The summed E-state index contributed by atoms with van der Waals surface area (Å²) in [6, 6.07) is 16.1. The number of carboxylic acids is 1. The number of pyridine rings is 1. The molecule has 0 aliphatic rings. The second-order valence-corrected chi connectivity index (χ2v) is 7.69. The Hall–Kier alpha value is -3.08. The summed E-state index contributed by atoms with van der Waals surface area (Å²) >= 11 is 0. The first kappa shape index (κ1) is 21.6. The van der Waals surface area contributed by atoms with Crippen LogP contribution in [0.1, 0.15) is 56.9 Å². The highest BCUT2D eigenvalue weighted by molar-refractivity contribution is 5.87. The Morgan fingerprint density at radius 2 is 1.63 bits per heavy atom. The SMILES string of the molecule is Nc1cc(Oc2ccc3c(CCCCCCCCCC(=O)O)cccc3c2)ccn1. The number of nitrogen functional groups attached to an aromatic ring is 1. The number of unbranched alkanes of at least 4 members (excludes halogenated alkanes) is 6. The van der Waals surface area contributed by atoms with Gasteiger partial charge in [-0.3, -0.25) is 4.79 Å². The van der Waals surface area contributed by atoms with Crippen molar-refractivity contribution in [3.05, 3.63) is 60.3 Å². The van der Waals surface area contributed by atoms with Gasteiger partial charge in [0.2, 0.25) is 0 Å². The molecule has 0 aliphatic heterocycles. The number of carboxylic acid groups (broad SMARTS) is 1. The molecular formula is C25H30N2O3. The average Bonchev–Trinajstić information content (AvgIpc) is 2.72. The Balaban J connectivity index is 1.48. The topological polar surface area (TPSA) is 85.4 Å². The second-order valence-electron chi connectivity index (χ2n) is 7.69. The Bertz CT molecular complexity index is 972. The number of fused-ring (bicyclic) bond motifs is 1. The predicted molar refractivity (Wildman–Crippen MR) is 121 cm³/mol. The number of benzene rings is 2. The van der Waals surface area contributed by atoms with Crippen molar-refractivity contribution in [3.63, 3.8) is 0 Å². The monoisotopic (exact) mass is 406 g/mol. The van der Waals surface area contributed by atoms with Crippen molar-refractivity contribution in [1.29, 1.82) is 0 Å². The molecule has 3 aromatic rings. The van der Waals surface area contributed by atoms with Gasteiger partial charge in [0, 0.05) is 18.7 Å². The van der Waals surface area contributed by atoms with E-state index < -0.39 is 5.97 Å². The Labute approximate surface area is 177 Å². The zero-order chi connectivity index (χ0) is 21.2. The van der Waals surface area contributed by atoms with E-state index in [0.29, 0.717) is 18.0 Å². The van der Waals surface area contributed by atoms with Crippen LogP contribution in [0.3, 0.4) is 0 Å². The van der Waals surface area contributed by atoms with Crippen molar-refractivity contribution in [2.45, 2.75) is 57.8 Å². The molecule has 158 valence electrons. The third-order valence-electron chi connectivity index (χ3n) is 5.27. The predicted octanol–water partition coefficient (Wildman–Crippen LogP) is 6.36. The molecule has 3 N–H and O–H groups in total. The van der Waals surface area contributed by atoms with Crippen LogP contribution in [0.15, 0.2) is 54.7 Å². The molecule has 0 spiro atoms. The molecule has 0 saturated carbocycles. The number of hydrogen-bond acceptors (Lipinski definition) is 4. The van der Waals surface area contributed by atoms with Crippen LogP contribution in [0.4, 0.5) is 5.82 Å². The van der Waals surface area contributed by atoms with Crippen molar-refractivity contribution in [2.24, 2.45) is 0 Å². The molecule has 0 bridgehead atoms. The summed E-state index contributed by atoms with van der Waals surface area (Å²) in [5, 5.41) is 11.1. The minimum Gasteiger partial charge on any atom is -0.481 e. The number of hydrogen-bond donors (Lipinski definition) is 2. The smallest absolute Gasteiger partial charge is 0.303 e. The molecule has 0 aliphatic carbocycles. The van der Waals surface area contributed by atoms with Gasteiger partial charge in [-0.2, -0.15) is 0 Å². The summed E-state index contributed by atoms with van der Waals surface area (Å²) in [4.78, 5) is 14.5. The quantitative estimate of drug-likeness (QED) is 0.342. The largest absolute Gasteiger partial charge is 0.481 e. The third-order valence-corrected chi connectivity index (χ3v) is 5.27. The van der Waals surface area contributed by atoms with Crippen molar-refractivity contribution in [3.8, 4) is 11.5 Å². The average molecular weight is 407 g/mol. The lowest BCUT2D eigenvalue weighted by molar-refractivity contribution is -0.137. The maximum absolute atomic E-state index is 10.5. The van der Waals surface area contributed by atoms with E-state index in [1.54, 1.807) is 18.3 Å². The normalized spacial score (nSPS) is 10.9. The molecule has 30 heavy (non-hydrogen) atoms. The Morgan fingerprint density at radius 3 is 2.40 bits per heavy atom. The van der Waals surface area contributed by atoms with E-state index in [9.17, 15) is 4.79 Å². The molecule has 2 aromatic carbocycles. The van der Waals surface area contributed by atoms with Gasteiger partial charge in [0.15, 0.2) is 0 Å². The Kier molecular flexibility index (Phi) is 8.07. The summed E-state index contributed by atoms with van der Waals surface area (Å²) in [6.07, 6.45) is 10.7. The van der Waals surface area contributed by atoms with E-state index in [0.717, 1.165) is 31.4 Å². The lowest BCUT2D eigenvalue weighted by Crippen LogP contribution is -1.93. The van der Waals surface area contributed by atoms with Gasteiger partial charge < -0.3 is 15.6 Å². The molecule has 0 amide bonds. The van der Waals surface area contributed by atoms with Crippen LogP contribution in [-0.4, -0.2) is 16.1 Å². The van der Waals surface area contributed by atoms with E-state index in [1.165, 1.54) is 42.0 Å². The van der Waals surface area contributed by atoms with Crippen LogP contribution >= 0.6 is 0 Å². The highest BCUT2D eigenvalue weighted by atomic mass is 16.5. The van der Waals surface area contributed by atoms with Crippen LogP contribution in [0.2, 0.25) is 0 Å². The van der Waals surface area contributed by atoms with Gasteiger partial charge >= 0.3 is 5.97 Å². The van der Waals surface area contributed by atoms with Gasteiger partial charge in [0.05, 0.1) is 0 Å². The summed E-state index contributed by atoms with van der Waals surface area (Å²) < 4.78 is 5.92. The van der Waals surface area contributed by atoms with Gasteiger partial charge in [0.1, 0.15) is 17.3 Å². The van der Waals surface area contributed by atoms with Crippen molar-refractivity contribution < 1.29 is 14.6 Å². The molecule has 0 radical (unpaired) electrons. The fourth-order valence-electron chi connectivity index (χ4n) is 3.71. The molecule has 0 atom stereocenters. The van der Waals surface area contributed by atoms with Crippen LogP contribution in [-0.2, 0) is 11.2 Å². The lowest BCUT2D eigenvalue weighted by Gasteiger charge is -2.10. The molecular weight excluding hydrogens is 376 g/mol. The van der Waals surface area contributed by atoms with Gasteiger partial charge in [-0.25, -0.2) is 4.98 Å². The number of ether oxygens (including phenoxy) is 1. The fourth-order valence-corrected chi connectivity index (χ4v) is 3.71. The molecule has 0 unspecified atom stereocenters. The first-order chi connectivity index (χ1) is 14.6. The van der Waals surface area contributed by atoms with Crippen LogP contribution in [0.5, 0.6) is 11.5 Å². The third kappa shape index (κ3) is 6.76.